The average Bonchev–Trinajstić information content (AvgIpc) is 3.95. The number of rotatable bonds is 3. The van der Waals surface area contributed by atoms with Crippen molar-refractivity contribution in [1.29, 1.82) is 0 Å². The Kier molecular flexibility index (Phi) is 9.32. The van der Waals surface area contributed by atoms with E-state index in [4.69, 9.17) is 9.47 Å². The van der Waals surface area contributed by atoms with Gasteiger partial charge in [-0.3, -0.25) is 4.79 Å². The first kappa shape index (κ1) is 34.1. The van der Waals surface area contributed by atoms with Gasteiger partial charge in [-0.05, 0) is 72.2 Å². The van der Waals surface area contributed by atoms with Crippen LogP contribution in [0.5, 0.6) is 0 Å². The highest BCUT2D eigenvalue weighted by Gasteiger charge is 2.48. The van der Waals surface area contributed by atoms with Crippen LogP contribution in [0, 0.1) is 29.6 Å². The molecule has 12 nitrogen and oxygen atoms in total. The second kappa shape index (κ2) is 13.4. The summed E-state index contributed by atoms with van der Waals surface area (Å²) in [6.07, 6.45) is -10.1. The summed E-state index contributed by atoms with van der Waals surface area (Å²) in [5.74, 6) is 12.1. The van der Waals surface area contributed by atoms with E-state index < -0.39 is 79.7 Å². The fraction of sp³-hybridized carbons (Fsp3) is 0.541. The van der Waals surface area contributed by atoms with Gasteiger partial charge in [0.05, 0.1) is 13.2 Å². The zero-order chi connectivity index (χ0) is 34.6. The molecule has 3 saturated heterocycles. The largest absolute Gasteiger partial charge is 0.394 e. The summed E-state index contributed by atoms with van der Waals surface area (Å²) >= 11 is 0. The van der Waals surface area contributed by atoms with E-state index >= 15 is 0 Å². The van der Waals surface area contributed by atoms with Crippen molar-refractivity contribution < 1.29 is 55.1 Å². The zero-order valence-corrected chi connectivity index (χ0v) is 26.7. The minimum atomic E-state index is -1.52. The van der Waals surface area contributed by atoms with Gasteiger partial charge in [-0.1, -0.05) is 35.8 Å². The Hall–Kier alpha value is -3.37. The highest BCUT2D eigenvalue weighted by atomic mass is 16.5. The maximum absolute atomic E-state index is 13.0. The third-order valence-electron chi connectivity index (χ3n) is 10.7. The number of carbonyl (C=O) groups excluding carboxylic acids is 1. The SMILES string of the molecule is O=C(C1CC1)N1CCC2(CC1)c1cc(C#CC3OC(CO)C(O)C(O)C3O)ccc1-c1ccc(C#CC3OC(CO)C(O)C(O)C3O)cc12. The van der Waals surface area contributed by atoms with Crippen LogP contribution in [0.25, 0.3) is 11.1 Å². The summed E-state index contributed by atoms with van der Waals surface area (Å²) in [4.78, 5) is 14.9. The van der Waals surface area contributed by atoms with Gasteiger partial charge < -0.3 is 55.2 Å². The molecule has 1 amide bonds. The molecule has 3 aliphatic heterocycles. The van der Waals surface area contributed by atoms with E-state index in [0.29, 0.717) is 37.1 Å². The summed E-state index contributed by atoms with van der Waals surface area (Å²) in [7, 11) is 0. The first-order valence-electron chi connectivity index (χ1n) is 16.8. The van der Waals surface area contributed by atoms with Crippen molar-refractivity contribution in [2.75, 3.05) is 26.3 Å². The minimum Gasteiger partial charge on any atom is -0.394 e. The van der Waals surface area contributed by atoms with Crippen LogP contribution in [-0.4, -0.2) is 139 Å². The topological polar surface area (TPSA) is 201 Å². The molecule has 3 heterocycles. The maximum atomic E-state index is 13.0. The summed E-state index contributed by atoms with van der Waals surface area (Å²) in [5, 5.41) is 80.7. The van der Waals surface area contributed by atoms with Crippen LogP contribution >= 0.6 is 0 Å². The van der Waals surface area contributed by atoms with Crippen LogP contribution in [0.15, 0.2) is 36.4 Å². The van der Waals surface area contributed by atoms with Crippen molar-refractivity contribution in [1.82, 2.24) is 4.90 Å². The third kappa shape index (κ3) is 6.07. The fourth-order valence-electron chi connectivity index (χ4n) is 7.64. The monoisotopic (exact) mass is 675 g/mol. The van der Waals surface area contributed by atoms with E-state index in [0.717, 1.165) is 35.1 Å². The zero-order valence-electron chi connectivity index (χ0n) is 26.7. The molecule has 12 heteroatoms. The average molecular weight is 676 g/mol. The molecule has 0 radical (unpaired) electrons. The van der Waals surface area contributed by atoms with Crippen molar-refractivity contribution in [2.24, 2.45) is 5.92 Å². The first-order valence-corrected chi connectivity index (χ1v) is 16.8. The maximum Gasteiger partial charge on any atom is 0.225 e. The summed E-state index contributed by atoms with van der Waals surface area (Å²) in [5.41, 5.74) is 4.94. The number of hydrogen-bond donors (Lipinski definition) is 8. The lowest BCUT2D eigenvalue weighted by Gasteiger charge is -2.41. The molecule has 8 N–H and O–H groups in total. The van der Waals surface area contributed by atoms with Gasteiger partial charge in [-0.15, -0.1) is 0 Å². The molecule has 0 bridgehead atoms. The van der Waals surface area contributed by atoms with Gasteiger partial charge in [0.1, 0.15) is 61.0 Å². The summed E-state index contributed by atoms with van der Waals surface area (Å²) in [6.45, 7) is 0.0708. The van der Waals surface area contributed by atoms with Gasteiger partial charge >= 0.3 is 0 Å². The number of fused-ring (bicyclic) bond motifs is 5. The Morgan fingerprint density at radius 2 is 1.14 bits per heavy atom. The lowest BCUT2D eigenvalue weighted by Crippen LogP contribution is -2.58. The van der Waals surface area contributed by atoms with Gasteiger partial charge in [-0.2, -0.15) is 0 Å². The Labute approximate surface area is 283 Å². The lowest BCUT2D eigenvalue weighted by molar-refractivity contribution is -0.214. The molecule has 260 valence electrons. The van der Waals surface area contributed by atoms with Crippen LogP contribution in [0.1, 0.15) is 47.9 Å². The highest BCUT2D eigenvalue weighted by Crippen LogP contribution is 2.54. The number of hydrogen-bond acceptors (Lipinski definition) is 11. The van der Waals surface area contributed by atoms with Gasteiger partial charge in [-0.25, -0.2) is 0 Å². The van der Waals surface area contributed by atoms with E-state index in [2.05, 4.69) is 23.7 Å². The molecule has 2 aromatic carbocycles. The Bertz CT molecular complexity index is 1600. The van der Waals surface area contributed by atoms with Crippen LogP contribution in [0.3, 0.4) is 0 Å². The van der Waals surface area contributed by atoms with Crippen molar-refractivity contribution in [3.63, 3.8) is 0 Å². The number of ether oxygens (including phenoxy) is 2. The minimum absolute atomic E-state index is 0.116. The molecule has 5 aliphatic rings. The summed E-state index contributed by atoms with van der Waals surface area (Å²) < 4.78 is 11.2. The smallest absolute Gasteiger partial charge is 0.225 e. The van der Waals surface area contributed by atoms with E-state index in [1.165, 1.54) is 0 Å². The predicted octanol–water partition coefficient (Wildman–Crippen LogP) is -1.63. The molecule has 0 aromatic heterocycles. The molecule has 10 atom stereocenters. The normalized spacial score (nSPS) is 34.7. The fourth-order valence-corrected chi connectivity index (χ4v) is 7.64. The van der Waals surface area contributed by atoms with Gasteiger partial charge in [0.25, 0.3) is 0 Å². The second-order valence-corrected chi connectivity index (χ2v) is 13.7. The molecule has 1 spiro atoms. The number of nitrogens with zero attached hydrogens (tertiary/aromatic N) is 1. The molecule has 10 unspecified atom stereocenters. The van der Waals surface area contributed by atoms with E-state index in [1.54, 1.807) is 0 Å². The number of aliphatic hydroxyl groups excluding tert-OH is 8. The number of benzene rings is 2. The number of amides is 1. The molecule has 2 aromatic rings. The van der Waals surface area contributed by atoms with Crippen LogP contribution < -0.4 is 0 Å². The summed E-state index contributed by atoms with van der Waals surface area (Å²) in [6, 6.07) is 11.7. The van der Waals surface area contributed by atoms with Crippen molar-refractivity contribution in [2.45, 2.75) is 92.1 Å². The van der Waals surface area contributed by atoms with E-state index in [1.807, 2.05) is 41.3 Å². The van der Waals surface area contributed by atoms with Gasteiger partial charge in [0.15, 0.2) is 0 Å². The lowest BCUT2D eigenvalue weighted by atomic mass is 9.70. The highest BCUT2D eigenvalue weighted by molar-refractivity contribution is 5.84. The van der Waals surface area contributed by atoms with Crippen molar-refractivity contribution >= 4 is 5.91 Å². The number of aliphatic hydroxyl groups is 8. The molecular weight excluding hydrogens is 634 g/mol. The first-order chi connectivity index (χ1) is 23.6. The Morgan fingerprint density at radius 3 is 1.55 bits per heavy atom. The van der Waals surface area contributed by atoms with Crippen molar-refractivity contribution in [3.8, 4) is 34.8 Å². The van der Waals surface area contributed by atoms with E-state index in [-0.39, 0.29) is 11.8 Å². The number of likely N-dealkylation sites (tertiary alicyclic amines) is 1. The quantitative estimate of drug-likeness (QED) is 0.174. The molecule has 1 saturated carbocycles. The number of piperidine rings is 1. The molecule has 49 heavy (non-hydrogen) atoms. The van der Waals surface area contributed by atoms with Gasteiger partial charge in [0, 0.05) is 35.5 Å². The molecular formula is C37H41NO11. The standard InChI is InChI=1S/C37H41NO11/c39-17-28-32(43)34(45)30(41)26(48-28)9-3-19-1-7-22-23-8-2-20(4-10-27-31(42)35(46)33(44)29(18-40)49-27)16-25(23)37(24(22)15-19)11-13-38(14-12-37)36(47)21-5-6-21/h1-2,7-8,15-16,21,26-35,39-46H,5-6,11-14,17-18H2. The van der Waals surface area contributed by atoms with Crippen LogP contribution in [0.2, 0.25) is 0 Å². The van der Waals surface area contributed by atoms with Crippen LogP contribution in [-0.2, 0) is 19.7 Å². The van der Waals surface area contributed by atoms with Crippen LogP contribution in [0.4, 0.5) is 0 Å². The third-order valence-corrected chi connectivity index (χ3v) is 10.7. The second-order valence-electron chi connectivity index (χ2n) is 13.7. The Morgan fingerprint density at radius 1 is 0.694 bits per heavy atom. The Balaban J connectivity index is 1.21. The van der Waals surface area contributed by atoms with Gasteiger partial charge in [0.2, 0.25) is 5.91 Å². The van der Waals surface area contributed by atoms with Crippen molar-refractivity contribution in [3.05, 3.63) is 58.7 Å². The molecule has 4 fully saturated rings. The number of carbonyl (C=O) groups is 1. The molecule has 7 rings (SSSR count). The predicted molar refractivity (Wildman–Crippen MR) is 172 cm³/mol. The van der Waals surface area contributed by atoms with E-state index in [9.17, 15) is 45.6 Å². The molecule has 2 aliphatic carbocycles.